The van der Waals surface area contributed by atoms with Crippen LogP contribution in [-0.2, 0) is 14.3 Å². The molecule has 0 spiro atoms. The molecule has 0 radical (unpaired) electrons. The van der Waals surface area contributed by atoms with Crippen LogP contribution in [0.5, 0.6) is 0 Å². The number of amides is 3. The molecule has 2 heterocycles. The number of ketones is 1. The molecule has 1 aromatic rings. The fourth-order valence-corrected chi connectivity index (χ4v) is 3.21. The van der Waals surface area contributed by atoms with Crippen molar-refractivity contribution in [2.45, 2.75) is 53.1 Å². The average molecular weight is 363 g/mol. The fraction of sp³-hybridized carbons (Fsp3) is 0.556. The zero-order chi connectivity index (χ0) is 19.8. The number of carbonyl (C=O) groups excluding carboxylic acids is 4. The highest BCUT2D eigenvalue weighted by Gasteiger charge is 2.45. The van der Waals surface area contributed by atoms with E-state index >= 15 is 0 Å². The van der Waals surface area contributed by atoms with Crippen molar-refractivity contribution in [3.05, 3.63) is 23.0 Å². The van der Waals surface area contributed by atoms with Gasteiger partial charge in [0.15, 0.2) is 6.61 Å². The first kappa shape index (κ1) is 19.7. The molecule has 0 bridgehead atoms. The minimum absolute atomic E-state index is 0.210. The number of nitrogens with one attached hydrogen (secondary N) is 1. The molecular formula is C18H25N3O5. The quantitative estimate of drug-likeness (QED) is 0.472. The molecule has 0 saturated carbocycles. The van der Waals surface area contributed by atoms with Crippen LogP contribution in [0.15, 0.2) is 6.07 Å². The van der Waals surface area contributed by atoms with Crippen LogP contribution >= 0.6 is 0 Å². The van der Waals surface area contributed by atoms with Gasteiger partial charge >= 0.3 is 12.0 Å². The Morgan fingerprint density at radius 2 is 1.85 bits per heavy atom. The number of hydrogen-bond donors (Lipinski definition) is 1. The Bertz CT molecular complexity index is 776. The number of carbonyl (C=O) groups is 4. The Balaban J connectivity index is 1.98. The molecule has 0 aromatic carbocycles. The summed E-state index contributed by atoms with van der Waals surface area (Å²) in [4.78, 5) is 48.9. The van der Waals surface area contributed by atoms with Crippen molar-refractivity contribution in [3.8, 4) is 0 Å². The highest BCUT2D eigenvalue weighted by atomic mass is 16.5. The molecule has 1 aliphatic heterocycles. The molecule has 0 atom stereocenters. The van der Waals surface area contributed by atoms with Gasteiger partial charge in [0.1, 0.15) is 12.1 Å². The molecule has 3 amide bonds. The number of imide groups is 1. The normalized spacial score (nSPS) is 16.2. The number of Topliss-reactive ketones (excluding diaryl/α,β-unsaturated/α-hetero) is 1. The van der Waals surface area contributed by atoms with Crippen molar-refractivity contribution in [3.63, 3.8) is 0 Å². The molecule has 2 rings (SSSR count). The maximum atomic E-state index is 12.4. The van der Waals surface area contributed by atoms with E-state index in [0.717, 1.165) is 16.3 Å². The van der Waals surface area contributed by atoms with Crippen LogP contribution in [0.1, 0.15) is 55.5 Å². The molecule has 8 heteroatoms. The number of ether oxygens (including phenoxy) is 1. The van der Waals surface area contributed by atoms with Crippen LogP contribution in [0.3, 0.4) is 0 Å². The zero-order valence-electron chi connectivity index (χ0n) is 16.0. The molecule has 8 nitrogen and oxygen atoms in total. The second kappa shape index (κ2) is 6.93. The van der Waals surface area contributed by atoms with E-state index in [0.29, 0.717) is 5.56 Å². The summed E-state index contributed by atoms with van der Waals surface area (Å²) in [6, 6.07) is 1.33. The molecule has 1 aromatic heterocycles. The Hall–Kier alpha value is -2.64. The average Bonchev–Trinajstić information content (AvgIpc) is 2.92. The summed E-state index contributed by atoms with van der Waals surface area (Å²) >= 11 is 0. The van der Waals surface area contributed by atoms with Crippen molar-refractivity contribution >= 4 is 23.7 Å². The summed E-state index contributed by atoms with van der Waals surface area (Å²) in [5.41, 5.74) is 1.21. The molecule has 142 valence electrons. The second-order valence-electron chi connectivity index (χ2n) is 7.28. The molecule has 26 heavy (non-hydrogen) atoms. The van der Waals surface area contributed by atoms with Crippen LogP contribution in [0.4, 0.5) is 4.79 Å². The number of nitrogens with zero attached hydrogens (tertiary/aromatic N) is 2. The van der Waals surface area contributed by atoms with E-state index in [2.05, 4.69) is 5.32 Å². The highest BCUT2D eigenvalue weighted by Crippen LogP contribution is 2.21. The molecule has 0 unspecified atom stereocenters. The Morgan fingerprint density at radius 3 is 2.31 bits per heavy atom. The Morgan fingerprint density at radius 1 is 1.23 bits per heavy atom. The standard InChI is InChI=1S/C18H25N3O5/c1-10(2)21-11(3)7-13(12(21)4)14(22)9-26-15(23)8-20-16(24)18(5,6)19-17(20)25/h7,10H,8-9H2,1-6H3,(H,19,25). The van der Waals surface area contributed by atoms with Gasteiger partial charge in [0.25, 0.3) is 5.91 Å². The molecular weight excluding hydrogens is 338 g/mol. The number of aryl methyl sites for hydroxylation is 1. The second-order valence-corrected chi connectivity index (χ2v) is 7.28. The van der Waals surface area contributed by atoms with Gasteiger partial charge in [-0.2, -0.15) is 0 Å². The summed E-state index contributed by atoms with van der Waals surface area (Å²) in [6.45, 7) is 9.94. The lowest BCUT2D eigenvalue weighted by Crippen LogP contribution is -2.41. The predicted molar refractivity (Wildman–Crippen MR) is 93.9 cm³/mol. The molecule has 1 fully saturated rings. The number of urea groups is 1. The third-order valence-corrected chi connectivity index (χ3v) is 4.40. The smallest absolute Gasteiger partial charge is 0.326 e. The topological polar surface area (TPSA) is 97.7 Å². The third kappa shape index (κ3) is 3.63. The molecule has 1 saturated heterocycles. The van der Waals surface area contributed by atoms with Gasteiger partial charge in [-0.3, -0.25) is 19.3 Å². The molecule has 1 N–H and O–H groups in total. The maximum absolute atomic E-state index is 12.4. The van der Waals surface area contributed by atoms with E-state index in [4.69, 9.17) is 4.74 Å². The van der Waals surface area contributed by atoms with Crippen molar-refractivity contribution < 1.29 is 23.9 Å². The van der Waals surface area contributed by atoms with Gasteiger partial charge in [-0.15, -0.1) is 0 Å². The first-order valence-corrected chi connectivity index (χ1v) is 8.47. The van der Waals surface area contributed by atoms with Crippen LogP contribution in [-0.4, -0.2) is 51.8 Å². The summed E-state index contributed by atoms with van der Waals surface area (Å²) < 4.78 is 7.01. The van der Waals surface area contributed by atoms with Crippen LogP contribution in [0.2, 0.25) is 0 Å². The van der Waals surface area contributed by atoms with Crippen LogP contribution in [0.25, 0.3) is 0 Å². The van der Waals surface area contributed by atoms with Crippen LogP contribution in [0, 0.1) is 13.8 Å². The number of esters is 1. The lowest BCUT2D eigenvalue weighted by atomic mass is 10.1. The molecule has 0 aliphatic carbocycles. The number of aromatic nitrogens is 1. The third-order valence-electron chi connectivity index (χ3n) is 4.40. The SMILES string of the molecule is Cc1cc(C(=O)COC(=O)CN2C(=O)NC(C)(C)C2=O)c(C)n1C(C)C. The number of hydrogen-bond acceptors (Lipinski definition) is 5. The van der Waals surface area contributed by atoms with E-state index in [1.165, 1.54) is 0 Å². The van der Waals surface area contributed by atoms with E-state index in [-0.39, 0.29) is 11.8 Å². The number of rotatable bonds is 6. The van der Waals surface area contributed by atoms with Crippen molar-refractivity contribution in [2.24, 2.45) is 0 Å². The maximum Gasteiger partial charge on any atom is 0.326 e. The fourth-order valence-electron chi connectivity index (χ4n) is 3.21. The lowest BCUT2D eigenvalue weighted by molar-refractivity contribution is -0.146. The van der Waals surface area contributed by atoms with E-state index in [1.807, 2.05) is 32.3 Å². The van der Waals surface area contributed by atoms with Gasteiger partial charge in [0.2, 0.25) is 5.78 Å². The minimum atomic E-state index is -1.05. The van der Waals surface area contributed by atoms with Crippen molar-refractivity contribution in [2.75, 3.05) is 13.2 Å². The summed E-state index contributed by atoms with van der Waals surface area (Å²) in [5.74, 6) is -1.64. The van der Waals surface area contributed by atoms with Crippen LogP contribution < -0.4 is 5.32 Å². The highest BCUT2D eigenvalue weighted by molar-refractivity contribution is 6.08. The van der Waals surface area contributed by atoms with Gasteiger partial charge in [-0.25, -0.2) is 4.79 Å². The Labute approximate surface area is 152 Å². The largest absolute Gasteiger partial charge is 0.456 e. The van der Waals surface area contributed by atoms with Gasteiger partial charge in [-0.1, -0.05) is 0 Å². The first-order chi connectivity index (χ1) is 12.0. The van der Waals surface area contributed by atoms with E-state index in [9.17, 15) is 19.2 Å². The van der Waals surface area contributed by atoms with Crippen molar-refractivity contribution in [1.29, 1.82) is 0 Å². The summed E-state index contributed by atoms with van der Waals surface area (Å²) in [7, 11) is 0. The first-order valence-electron chi connectivity index (χ1n) is 8.47. The minimum Gasteiger partial charge on any atom is -0.456 e. The van der Waals surface area contributed by atoms with E-state index < -0.39 is 36.6 Å². The van der Waals surface area contributed by atoms with E-state index in [1.54, 1.807) is 19.9 Å². The summed E-state index contributed by atoms with van der Waals surface area (Å²) in [6.07, 6.45) is 0. The molecule has 1 aliphatic rings. The monoisotopic (exact) mass is 363 g/mol. The van der Waals surface area contributed by atoms with Gasteiger partial charge in [0.05, 0.1) is 0 Å². The Kier molecular flexibility index (Phi) is 5.25. The van der Waals surface area contributed by atoms with Crippen molar-refractivity contribution in [1.82, 2.24) is 14.8 Å². The van der Waals surface area contributed by atoms with Gasteiger partial charge in [0, 0.05) is 23.0 Å². The summed E-state index contributed by atoms with van der Waals surface area (Å²) in [5, 5.41) is 2.48. The lowest BCUT2D eigenvalue weighted by Gasteiger charge is -2.15. The zero-order valence-corrected chi connectivity index (χ0v) is 16.0. The van der Waals surface area contributed by atoms with Gasteiger partial charge < -0.3 is 14.6 Å². The predicted octanol–water partition coefficient (Wildman–Crippen LogP) is 1.74. The van der Waals surface area contributed by atoms with Gasteiger partial charge in [-0.05, 0) is 47.6 Å².